The van der Waals surface area contributed by atoms with Gasteiger partial charge in [-0.15, -0.1) is 11.6 Å². The van der Waals surface area contributed by atoms with E-state index in [2.05, 4.69) is 20.9 Å². The van der Waals surface area contributed by atoms with Crippen molar-refractivity contribution in [2.75, 3.05) is 12.4 Å². The molecule has 13 heavy (non-hydrogen) atoms. The molecule has 0 aromatic carbocycles. The van der Waals surface area contributed by atoms with Crippen LogP contribution in [0.4, 0.5) is 0 Å². The Labute approximate surface area is 92.4 Å². The summed E-state index contributed by atoms with van der Waals surface area (Å²) >= 11 is 9.13. The maximum absolute atomic E-state index is 5.74. The minimum absolute atomic E-state index is 0.414. The second-order valence-corrected chi connectivity index (χ2v) is 4.39. The van der Waals surface area contributed by atoms with Crippen LogP contribution in [-0.4, -0.2) is 17.0 Å². The third-order valence-electron chi connectivity index (χ3n) is 2.04. The lowest BCUT2D eigenvalue weighted by atomic mass is 10.2. The molecule has 1 aliphatic rings. The number of rotatable bonds is 4. The molecule has 0 amide bonds. The summed E-state index contributed by atoms with van der Waals surface area (Å²) in [5.41, 5.74) is 7.30. The van der Waals surface area contributed by atoms with Gasteiger partial charge in [0.2, 0.25) is 0 Å². The van der Waals surface area contributed by atoms with Gasteiger partial charge in [0.25, 0.3) is 0 Å². The van der Waals surface area contributed by atoms with E-state index in [-0.39, 0.29) is 0 Å². The Morgan fingerprint density at radius 1 is 1.62 bits per heavy atom. The van der Waals surface area contributed by atoms with E-state index in [1.807, 2.05) is 6.92 Å². The topological polar surface area (TPSA) is 38.4 Å². The van der Waals surface area contributed by atoms with E-state index in [1.165, 1.54) is 12.8 Å². The van der Waals surface area contributed by atoms with E-state index in [0.717, 1.165) is 28.4 Å². The van der Waals surface area contributed by atoms with Crippen molar-refractivity contribution in [3.05, 3.63) is 11.3 Å². The molecule has 1 fully saturated rings. The van der Waals surface area contributed by atoms with Crippen molar-refractivity contribution in [3.63, 3.8) is 0 Å². The molecule has 0 saturated heterocycles. The molecule has 0 aliphatic heterocycles. The van der Waals surface area contributed by atoms with E-state index < -0.39 is 0 Å². The maximum Gasteiger partial charge on any atom is 0.106 e. The first kappa shape index (κ1) is 11.1. The van der Waals surface area contributed by atoms with Gasteiger partial charge >= 0.3 is 0 Å². The normalized spacial score (nSPS) is 20.1. The average molecular weight is 266 g/mol. The second kappa shape index (κ2) is 5.01. The highest BCUT2D eigenvalue weighted by Gasteiger charge is 2.20. The van der Waals surface area contributed by atoms with Crippen LogP contribution in [0.3, 0.4) is 0 Å². The number of aliphatic imine (C=N–C) groups is 1. The van der Waals surface area contributed by atoms with Gasteiger partial charge in [-0.2, -0.15) is 0 Å². The standard InChI is InChI=1S/C9H14BrClN2/c1-6(12)8(4-11)9(10)13-5-7-2-3-7/h7H,2-5,12H2,1H3. The van der Waals surface area contributed by atoms with Crippen molar-refractivity contribution in [2.24, 2.45) is 16.6 Å². The van der Waals surface area contributed by atoms with Crippen LogP contribution >= 0.6 is 27.5 Å². The number of hydrogen-bond acceptors (Lipinski definition) is 2. The molecular weight excluding hydrogens is 251 g/mol. The van der Waals surface area contributed by atoms with E-state index in [0.29, 0.717) is 5.88 Å². The van der Waals surface area contributed by atoms with Gasteiger partial charge < -0.3 is 5.73 Å². The minimum Gasteiger partial charge on any atom is -0.402 e. The van der Waals surface area contributed by atoms with Gasteiger partial charge in [0.05, 0.1) is 5.88 Å². The SMILES string of the molecule is CC(N)=C(CCl)C(Br)=NCC1CC1. The molecule has 1 rings (SSSR count). The number of halogens is 2. The summed E-state index contributed by atoms with van der Waals surface area (Å²) < 4.78 is 0.814. The zero-order valence-electron chi connectivity index (χ0n) is 7.69. The number of alkyl halides is 1. The third-order valence-corrected chi connectivity index (χ3v) is 3.04. The molecule has 4 heteroatoms. The zero-order chi connectivity index (χ0) is 9.84. The fraction of sp³-hybridized carbons (Fsp3) is 0.667. The highest BCUT2D eigenvalue weighted by atomic mass is 79.9. The van der Waals surface area contributed by atoms with Crippen LogP contribution in [0.2, 0.25) is 0 Å². The fourth-order valence-corrected chi connectivity index (χ4v) is 2.02. The summed E-state index contributed by atoms with van der Waals surface area (Å²) in [6.45, 7) is 2.74. The van der Waals surface area contributed by atoms with Crippen molar-refractivity contribution >= 4 is 32.2 Å². The maximum atomic E-state index is 5.74. The van der Waals surface area contributed by atoms with Crippen molar-refractivity contribution in [2.45, 2.75) is 19.8 Å². The Balaban J connectivity index is 2.56. The second-order valence-electron chi connectivity index (χ2n) is 3.37. The molecule has 0 radical (unpaired) electrons. The molecule has 0 spiro atoms. The Morgan fingerprint density at radius 3 is 2.62 bits per heavy atom. The molecule has 74 valence electrons. The third kappa shape index (κ3) is 3.69. The van der Waals surface area contributed by atoms with Crippen molar-refractivity contribution in [1.82, 2.24) is 0 Å². The molecule has 0 bridgehead atoms. The van der Waals surface area contributed by atoms with Crippen LogP contribution in [0.5, 0.6) is 0 Å². The predicted molar refractivity (Wildman–Crippen MR) is 61.6 cm³/mol. The molecule has 1 saturated carbocycles. The molecule has 0 heterocycles. The number of nitrogens with two attached hydrogens (primary N) is 1. The van der Waals surface area contributed by atoms with Crippen LogP contribution in [0.15, 0.2) is 16.3 Å². The number of allylic oxidation sites excluding steroid dienone is 2. The lowest BCUT2D eigenvalue weighted by Crippen LogP contribution is -2.06. The molecule has 1 aliphatic carbocycles. The van der Waals surface area contributed by atoms with Gasteiger partial charge in [-0.1, -0.05) is 0 Å². The van der Waals surface area contributed by atoms with Crippen molar-refractivity contribution in [1.29, 1.82) is 0 Å². The Morgan fingerprint density at radius 2 is 2.23 bits per heavy atom. The summed E-state index contributed by atoms with van der Waals surface area (Å²) in [5, 5.41) is 0. The highest BCUT2D eigenvalue weighted by Crippen LogP contribution is 2.29. The van der Waals surface area contributed by atoms with Gasteiger partial charge in [-0.05, 0) is 41.6 Å². The monoisotopic (exact) mass is 264 g/mol. The first-order valence-electron chi connectivity index (χ1n) is 4.36. The first-order valence-corrected chi connectivity index (χ1v) is 5.69. The quantitative estimate of drug-likeness (QED) is 0.616. The molecule has 0 aromatic rings. The summed E-state index contributed by atoms with van der Waals surface area (Å²) in [5.74, 6) is 1.21. The number of hydrogen-bond donors (Lipinski definition) is 1. The van der Waals surface area contributed by atoms with Crippen LogP contribution in [0.25, 0.3) is 0 Å². The van der Waals surface area contributed by atoms with Crippen LogP contribution in [-0.2, 0) is 0 Å². The lowest BCUT2D eigenvalue weighted by Gasteiger charge is -2.03. The van der Waals surface area contributed by atoms with E-state index in [9.17, 15) is 0 Å². The van der Waals surface area contributed by atoms with Gasteiger partial charge in [0.15, 0.2) is 0 Å². The van der Waals surface area contributed by atoms with Gasteiger partial charge in [0.1, 0.15) is 4.62 Å². The fourth-order valence-electron chi connectivity index (χ4n) is 0.928. The molecule has 0 atom stereocenters. The highest BCUT2D eigenvalue weighted by molar-refractivity contribution is 9.18. The van der Waals surface area contributed by atoms with Crippen LogP contribution < -0.4 is 5.73 Å². The van der Waals surface area contributed by atoms with E-state index in [1.54, 1.807) is 0 Å². The van der Waals surface area contributed by atoms with Gasteiger partial charge in [-0.25, -0.2) is 0 Å². The molecule has 0 unspecified atom stereocenters. The summed E-state index contributed by atoms with van der Waals surface area (Å²) in [7, 11) is 0. The minimum atomic E-state index is 0.414. The Kier molecular flexibility index (Phi) is 4.26. The van der Waals surface area contributed by atoms with E-state index >= 15 is 0 Å². The first-order chi connectivity index (χ1) is 6.15. The van der Waals surface area contributed by atoms with Crippen LogP contribution in [0.1, 0.15) is 19.8 Å². The largest absolute Gasteiger partial charge is 0.402 e. The Bertz CT molecular complexity index is 240. The summed E-state index contributed by atoms with van der Waals surface area (Å²) in [6, 6.07) is 0. The lowest BCUT2D eigenvalue weighted by molar-refractivity contribution is 0.850. The predicted octanol–water partition coefficient (Wildman–Crippen LogP) is 2.66. The average Bonchev–Trinajstić information content (AvgIpc) is 2.84. The Hall–Kier alpha value is -0.0200. The molecule has 2 N–H and O–H groups in total. The number of nitrogens with zero attached hydrogens (tertiary/aromatic N) is 1. The van der Waals surface area contributed by atoms with Crippen LogP contribution in [0, 0.1) is 5.92 Å². The summed E-state index contributed by atoms with van der Waals surface area (Å²) in [4.78, 5) is 4.39. The molecule has 2 nitrogen and oxygen atoms in total. The summed E-state index contributed by atoms with van der Waals surface area (Å²) in [6.07, 6.45) is 2.62. The van der Waals surface area contributed by atoms with E-state index in [4.69, 9.17) is 17.3 Å². The molecular formula is C9H14BrClN2. The van der Waals surface area contributed by atoms with Gasteiger partial charge in [-0.3, -0.25) is 4.99 Å². The zero-order valence-corrected chi connectivity index (χ0v) is 10.0. The van der Waals surface area contributed by atoms with Gasteiger partial charge in [0, 0.05) is 17.8 Å². The molecule has 0 aromatic heterocycles. The van der Waals surface area contributed by atoms with Crippen molar-refractivity contribution < 1.29 is 0 Å². The van der Waals surface area contributed by atoms with Crippen molar-refractivity contribution in [3.8, 4) is 0 Å². The smallest absolute Gasteiger partial charge is 0.106 e.